The fourth-order valence-electron chi connectivity index (χ4n) is 0.567. The van der Waals surface area contributed by atoms with Crippen LogP contribution in [0.4, 0.5) is 0 Å². The average molecular weight is 193 g/mol. The number of carbonyl (C=O) groups excluding carboxylic acids is 1. The van der Waals surface area contributed by atoms with Crippen LogP contribution in [-0.4, -0.2) is 10.6 Å². The molecule has 0 aliphatic heterocycles. The van der Waals surface area contributed by atoms with E-state index in [1.807, 2.05) is 20.8 Å². The highest BCUT2D eigenvalue weighted by Crippen LogP contribution is 2.13. The van der Waals surface area contributed by atoms with E-state index >= 15 is 0 Å². The lowest BCUT2D eigenvalue weighted by Gasteiger charge is -2.09. The highest BCUT2D eigenvalue weighted by molar-refractivity contribution is 9.10. The maximum Gasteiger partial charge on any atom is 0.146 e. The maximum atomic E-state index is 10.9. The lowest BCUT2D eigenvalue weighted by Crippen LogP contribution is -2.18. The van der Waals surface area contributed by atoms with Crippen LogP contribution in [0.1, 0.15) is 27.2 Å². The molecule has 0 aromatic carbocycles. The standard InChI is InChI=1S/C7H13BrO/c1-4-6(9)7(8)5(2)3/h5,7H,4H2,1-3H3/t7-/m0/s1. The van der Waals surface area contributed by atoms with Crippen molar-refractivity contribution in [3.8, 4) is 0 Å². The summed E-state index contributed by atoms with van der Waals surface area (Å²) in [5, 5.41) is 0. The molecule has 1 atom stereocenters. The molecule has 0 aliphatic rings. The summed E-state index contributed by atoms with van der Waals surface area (Å²) in [5.74, 6) is 0.711. The van der Waals surface area contributed by atoms with Crippen LogP contribution in [0.3, 0.4) is 0 Å². The molecule has 0 N–H and O–H groups in total. The summed E-state index contributed by atoms with van der Waals surface area (Å²) in [4.78, 5) is 11.0. The molecule has 0 aromatic heterocycles. The molecule has 0 saturated carbocycles. The molecule has 0 bridgehead atoms. The Bertz CT molecular complexity index is 99.1. The van der Waals surface area contributed by atoms with Crippen LogP contribution in [0.15, 0.2) is 0 Å². The number of rotatable bonds is 3. The molecule has 0 fully saturated rings. The zero-order valence-electron chi connectivity index (χ0n) is 6.15. The van der Waals surface area contributed by atoms with Gasteiger partial charge in [-0.3, -0.25) is 4.79 Å². The van der Waals surface area contributed by atoms with E-state index in [0.29, 0.717) is 18.1 Å². The SMILES string of the molecule is CCC(=O)[C@@H](Br)C(C)C. The van der Waals surface area contributed by atoms with Gasteiger partial charge in [0.05, 0.1) is 4.83 Å². The van der Waals surface area contributed by atoms with Gasteiger partial charge >= 0.3 is 0 Å². The zero-order valence-corrected chi connectivity index (χ0v) is 7.73. The summed E-state index contributed by atoms with van der Waals surface area (Å²) >= 11 is 3.32. The normalized spacial score (nSPS) is 13.9. The van der Waals surface area contributed by atoms with Crippen molar-refractivity contribution in [2.24, 2.45) is 5.92 Å². The number of halogens is 1. The molecule has 0 heterocycles. The Kier molecular flexibility index (Phi) is 4.11. The van der Waals surface area contributed by atoms with Gasteiger partial charge in [0.2, 0.25) is 0 Å². The largest absolute Gasteiger partial charge is 0.298 e. The van der Waals surface area contributed by atoms with Crippen molar-refractivity contribution in [1.82, 2.24) is 0 Å². The second-order valence-electron chi connectivity index (χ2n) is 2.47. The van der Waals surface area contributed by atoms with E-state index in [4.69, 9.17) is 0 Å². The van der Waals surface area contributed by atoms with Crippen molar-refractivity contribution < 1.29 is 4.79 Å². The van der Waals surface area contributed by atoms with Gasteiger partial charge < -0.3 is 0 Å². The Morgan fingerprint density at radius 1 is 1.56 bits per heavy atom. The third kappa shape index (κ3) is 2.99. The molecular weight excluding hydrogens is 180 g/mol. The highest BCUT2D eigenvalue weighted by atomic mass is 79.9. The van der Waals surface area contributed by atoms with Gasteiger partial charge in [0.15, 0.2) is 0 Å². The Hall–Kier alpha value is 0.150. The van der Waals surface area contributed by atoms with Gasteiger partial charge in [0.1, 0.15) is 5.78 Å². The minimum atomic E-state index is 0.0579. The van der Waals surface area contributed by atoms with Crippen LogP contribution >= 0.6 is 15.9 Å². The molecule has 2 heteroatoms. The quantitative estimate of drug-likeness (QED) is 0.629. The second-order valence-corrected chi connectivity index (χ2v) is 3.45. The smallest absolute Gasteiger partial charge is 0.146 e. The lowest BCUT2D eigenvalue weighted by atomic mass is 10.1. The predicted octanol–water partition coefficient (Wildman–Crippen LogP) is 2.39. The molecule has 9 heavy (non-hydrogen) atoms. The molecule has 0 rings (SSSR count). The number of alkyl halides is 1. The van der Waals surface area contributed by atoms with Crippen molar-refractivity contribution in [3.63, 3.8) is 0 Å². The van der Waals surface area contributed by atoms with Crippen LogP contribution < -0.4 is 0 Å². The number of carbonyl (C=O) groups is 1. The Labute approximate surface area is 65.0 Å². The lowest BCUT2D eigenvalue weighted by molar-refractivity contribution is -0.118. The third-order valence-electron chi connectivity index (χ3n) is 1.24. The summed E-state index contributed by atoms with van der Waals surface area (Å²) in [6, 6.07) is 0. The Balaban J connectivity index is 3.72. The van der Waals surface area contributed by atoms with Gasteiger partial charge in [-0.25, -0.2) is 0 Å². The first-order valence-electron chi connectivity index (χ1n) is 3.26. The summed E-state index contributed by atoms with van der Waals surface area (Å²) in [7, 11) is 0. The molecule has 0 aliphatic carbocycles. The van der Waals surface area contributed by atoms with Crippen LogP contribution in [0.5, 0.6) is 0 Å². The molecule has 1 nitrogen and oxygen atoms in total. The van der Waals surface area contributed by atoms with Gasteiger partial charge in [-0.2, -0.15) is 0 Å². The topological polar surface area (TPSA) is 17.1 Å². The number of hydrogen-bond acceptors (Lipinski definition) is 1. The van der Waals surface area contributed by atoms with Gasteiger partial charge in [-0.05, 0) is 5.92 Å². The molecule has 0 saturated heterocycles. The number of Topliss-reactive ketones (excluding diaryl/α,β-unsaturated/α-hetero) is 1. The summed E-state index contributed by atoms with van der Waals surface area (Å²) in [5.41, 5.74) is 0. The van der Waals surface area contributed by atoms with Crippen LogP contribution in [-0.2, 0) is 4.79 Å². The fraction of sp³-hybridized carbons (Fsp3) is 0.857. The first-order valence-corrected chi connectivity index (χ1v) is 4.18. The highest BCUT2D eigenvalue weighted by Gasteiger charge is 2.15. The van der Waals surface area contributed by atoms with E-state index < -0.39 is 0 Å². The van der Waals surface area contributed by atoms with Crippen molar-refractivity contribution in [2.75, 3.05) is 0 Å². The van der Waals surface area contributed by atoms with Gasteiger partial charge in [0, 0.05) is 6.42 Å². The molecular formula is C7H13BrO. The monoisotopic (exact) mass is 192 g/mol. The minimum absolute atomic E-state index is 0.0579. The van der Waals surface area contributed by atoms with Crippen molar-refractivity contribution >= 4 is 21.7 Å². The Morgan fingerprint density at radius 2 is 2.00 bits per heavy atom. The predicted molar refractivity (Wildman–Crippen MR) is 42.9 cm³/mol. The first kappa shape index (κ1) is 9.15. The van der Waals surface area contributed by atoms with E-state index in [1.165, 1.54) is 0 Å². The third-order valence-corrected chi connectivity index (χ3v) is 2.81. The first-order chi connectivity index (χ1) is 4.09. The van der Waals surface area contributed by atoms with Crippen molar-refractivity contribution in [2.45, 2.75) is 32.0 Å². The average Bonchev–Trinajstić information content (AvgIpc) is 1.84. The molecule has 54 valence electrons. The maximum absolute atomic E-state index is 10.9. The summed E-state index contributed by atoms with van der Waals surface area (Å²) < 4.78 is 0. The van der Waals surface area contributed by atoms with Crippen LogP contribution in [0.2, 0.25) is 0 Å². The van der Waals surface area contributed by atoms with Crippen LogP contribution in [0, 0.1) is 5.92 Å². The van der Waals surface area contributed by atoms with Crippen molar-refractivity contribution in [1.29, 1.82) is 0 Å². The summed E-state index contributed by atoms with van der Waals surface area (Å²) in [6.07, 6.45) is 0.633. The molecule has 0 amide bonds. The Morgan fingerprint density at radius 3 is 2.11 bits per heavy atom. The number of hydrogen-bond donors (Lipinski definition) is 0. The molecule has 0 radical (unpaired) electrons. The van der Waals surface area contributed by atoms with Gasteiger partial charge in [-0.15, -0.1) is 0 Å². The summed E-state index contributed by atoms with van der Waals surface area (Å²) in [6.45, 7) is 5.96. The van der Waals surface area contributed by atoms with Gasteiger partial charge in [-0.1, -0.05) is 36.7 Å². The number of ketones is 1. The molecule has 0 aromatic rings. The van der Waals surface area contributed by atoms with E-state index in [2.05, 4.69) is 15.9 Å². The van der Waals surface area contributed by atoms with E-state index in [9.17, 15) is 4.79 Å². The molecule has 0 spiro atoms. The zero-order chi connectivity index (χ0) is 7.44. The fourth-order valence-corrected chi connectivity index (χ4v) is 0.891. The molecule has 0 unspecified atom stereocenters. The van der Waals surface area contributed by atoms with E-state index in [0.717, 1.165) is 0 Å². The van der Waals surface area contributed by atoms with Crippen LogP contribution in [0.25, 0.3) is 0 Å². The van der Waals surface area contributed by atoms with E-state index in [-0.39, 0.29) is 4.83 Å². The van der Waals surface area contributed by atoms with Crippen molar-refractivity contribution in [3.05, 3.63) is 0 Å². The second kappa shape index (κ2) is 4.04. The van der Waals surface area contributed by atoms with E-state index in [1.54, 1.807) is 0 Å². The minimum Gasteiger partial charge on any atom is -0.298 e. The van der Waals surface area contributed by atoms with Gasteiger partial charge in [0.25, 0.3) is 0 Å².